The van der Waals surface area contributed by atoms with Gasteiger partial charge in [-0.15, -0.1) is 0 Å². The Hall–Kier alpha value is -4.52. The highest BCUT2D eigenvalue weighted by Crippen LogP contribution is 2.31. The number of carbonyl (C=O) groups excluding carboxylic acids is 3. The maximum absolute atomic E-state index is 13.2. The van der Waals surface area contributed by atoms with Gasteiger partial charge in [0.05, 0.1) is 45.1 Å². The Morgan fingerprint density at radius 2 is 1.05 bits per heavy atom. The number of hydrogen-bond donors (Lipinski definition) is 5. The first-order valence-electron chi connectivity index (χ1n) is 13.0. The van der Waals surface area contributed by atoms with Crippen LogP contribution in [0.3, 0.4) is 0 Å². The van der Waals surface area contributed by atoms with Gasteiger partial charge in [0.25, 0.3) is 17.7 Å². The summed E-state index contributed by atoms with van der Waals surface area (Å²) in [5, 5.41) is 18.1. The van der Waals surface area contributed by atoms with E-state index in [2.05, 4.69) is 16.0 Å². The minimum absolute atomic E-state index is 0.0824. The van der Waals surface area contributed by atoms with Gasteiger partial charge in [0.1, 0.15) is 28.6 Å². The lowest BCUT2D eigenvalue weighted by Gasteiger charge is -2.30. The summed E-state index contributed by atoms with van der Waals surface area (Å²) in [5.74, 6) is -1.75. The fourth-order valence-corrected chi connectivity index (χ4v) is 4.69. The summed E-state index contributed by atoms with van der Waals surface area (Å²) in [6, 6.07) is 5.15. The zero-order valence-electron chi connectivity index (χ0n) is 23.5. The van der Waals surface area contributed by atoms with Crippen molar-refractivity contribution in [3.8, 4) is 23.0 Å². The summed E-state index contributed by atoms with van der Waals surface area (Å²) in [5.41, 5.74) is 5.77. The number of benzene rings is 2. The van der Waals surface area contributed by atoms with Gasteiger partial charge >= 0.3 is 5.97 Å². The predicted molar refractivity (Wildman–Crippen MR) is 148 cm³/mol. The zero-order valence-corrected chi connectivity index (χ0v) is 23.5. The standard InChI is InChI=1S/C28H36N4O9/c1-38-21-13-22(39-2)18(11-17(21)25(33)30-10-9-29)26(34)31-15-5-7-16(8-6-15)32-27(35)19-12-20(28(36)37)24(41-4)14-23(19)40-3/h11-16H,5-10,29H2,1-4H3,(H,30,33)(H,31,34)(H,32,35)(H,36,37)/t15-,16-. The molecule has 3 rings (SSSR count). The number of nitrogens with two attached hydrogens (primary N) is 1. The van der Waals surface area contributed by atoms with E-state index in [-0.39, 0.29) is 70.4 Å². The highest BCUT2D eigenvalue weighted by Gasteiger charge is 2.28. The van der Waals surface area contributed by atoms with E-state index in [0.717, 1.165) is 0 Å². The number of carboxylic acid groups (broad SMARTS) is 1. The molecule has 1 aliphatic rings. The summed E-state index contributed by atoms with van der Waals surface area (Å²) in [6.45, 7) is 0.527. The lowest BCUT2D eigenvalue weighted by atomic mass is 9.90. The molecule has 13 heteroatoms. The molecule has 0 radical (unpaired) electrons. The van der Waals surface area contributed by atoms with Crippen LogP contribution in [0.2, 0.25) is 0 Å². The highest BCUT2D eigenvalue weighted by atomic mass is 16.5. The maximum atomic E-state index is 13.2. The third-order valence-electron chi connectivity index (χ3n) is 6.84. The zero-order chi connectivity index (χ0) is 30.1. The van der Waals surface area contributed by atoms with Crippen LogP contribution in [0.25, 0.3) is 0 Å². The minimum atomic E-state index is -1.23. The number of amides is 3. The molecule has 0 unspecified atom stereocenters. The first kappa shape index (κ1) is 31.0. The van der Waals surface area contributed by atoms with Gasteiger partial charge in [-0.1, -0.05) is 0 Å². The van der Waals surface area contributed by atoms with Gasteiger partial charge < -0.3 is 45.7 Å². The van der Waals surface area contributed by atoms with Crippen molar-refractivity contribution in [3.63, 3.8) is 0 Å². The molecule has 2 aromatic carbocycles. The van der Waals surface area contributed by atoms with Crippen molar-refractivity contribution in [1.29, 1.82) is 0 Å². The largest absolute Gasteiger partial charge is 0.496 e. The number of carbonyl (C=O) groups is 4. The fraction of sp³-hybridized carbons (Fsp3) is 0.429. The Kier molecular flexibility index (Phi) is 10.8. The van der Waals surface area contributed by atoms with E-state index < -0.39 is 23.7 Å². The number of methoxy groups -OCH3 is 4. The van der Waals surface area contributed by atoms with Crippen LogP contribution in [0.4, 0.5) is 0 Å². The molecular weight excluding hydrogens is 536 g/mol. The normalized spacial score (nSPS) is 16.2. The summed E-state index contributed by atoms with van der Waals surface area (Å²) in [4.78, 5) is 50.5. The Morgan fingerprint density at radius 3 is 1.41 bits per heavy atom. The number of hydrogen-bond acceptors (Lipinski definition) is 9. The van der Waals surface area contributed by atoms with Crippen LogP contribution < -0.4 is 40.6 Å². The Balaban J connectivity index is 1.67. The molecule has 222 valence electrons. The third kappa shape index (κ3) is 7.37. The van der Waals surface area contributed by atoms with Crippen LogP contribution in [0.5, 0.6) is 23.0 Å². The van der Waals surface area contributed by atoms with Crippen molar-refractivity contribution in [2.75, 3.05) is 41.5 Å². The van der Waals surface area contributed by atoms with Crippen molar-refractivity contribution in [3.05, 3.63) is 46.5 Å². The third-order valence-corrected chi connectivity index (χ3v) is 6.84. The van der Waals surface area contributed by atoms with Crippen molar-refractivity contribution in [1.82, 2.24) is 16.0 Å². The Morgan fingerprint density at radius 1 is 0.683 bits per heavy atom. The van der Waals surface area contributed by atoms with E-state index in [1.54, 1.807) is 0 Å². The average molecular weight is 573 g/mol. The van der Waals surface area contributed by atoms with E-state index in [1.807, 2.05) is 0 Å². The average Bonchev–Trinajstić information content (AvgIpc) is 2.98. The molecule has 6 N–H and O–H groups in total. The topological polar surface area (TPSA) is 188 Å². The van der Waals surface area contributed by atoms with Gasteiger partial charge in [-0.05, 0) is 37.8 Å². The molecule has 1 saturated carbocycles. The fourth-order valence-electron chi connectivity index (χ4n) is 4.69. The second kappa shape index (κ2) is 14.2. The monoisotopic (exact) mass is 572 g/mol. The summed E-state index contributed by atoms with van der Waals surface area (Å²) in [7, 11) is 5.56. The highest BCUT2D eigenvalue weighted by molar-refractivity contribution is 6.03. The van der Waals surface area contributed by atoms with Gasteiger partial charge in [-0.2, -0.15) is 0 Å². The number of rotatable bonds is 12. The molecule has 0 bridgehead atoms. The minimum Gasteiger partial charge on any atom is -0.496 e. The van der Waals surface area contributed by atoms with E-state index >= 15 is 0 Å². The molecule has 1 aliphatic carbocycles. The summed E-state index contributed by atoms with van der Waals surface area (Å²) in [6.07, 6.45) is 2.32. The molecule has 2 aromatic rings. The second-order valence-corrected chi connectivity index (χ2v) is 9.35. The van der Waals surface area contributed by atoms with E-state index in [9.17, 15) is 24.3 Å². The molecule has 0 aromatic heterocycles. The quantitative estimate of drug-likeness (QED) is 0.250. The molecule has 0 spiro atoms. The van der Waals surface area contributed by atoms with Crippen molar-refractivity contribution in [2.24, 2.45) is 5.73 Å². The van der Waals surface area contributed by atoms with E-state index in [0.29, 0.717) is 25.7 Å². The first-order chi connectivity index (χ1) is 19.7. The van der Waals surface area contributed by atoms with Crippen LogP contribution >= 0.6 is 0 Å². The van der Waals surface area contributed by atoms with Gasteiger partial charge in [0.15, 0.2) is 0 Å². The molecule has 0 aliphatic heterocycles. The lowest BCUT2D eigenvalue weighted by Crippen LogP contribution is -2.44. The molecule has 0 saturated heterocycles. The lowest BCUT2D eigenvalue weighted by molar-refractivity contribution is 0.0692. The van der Waals surface area contributed by atoms with Crippen molar-refractivity contribution < 1.29 is 43.2 Å². The molecule has 0 heterocycles. The second-order valence-electron chi connectivity index (χ2n) is 9.35. The van der Waals surface area contributed by atoms with Crippen LogP contribution in [-0.4, -0.2) is 82.4 Å². The summed E-state index contributed by atoms with van der Waals surface area (Å²) < 4.78 is 21.1. The molecular formula is C28H36N4O9. The number of carboxylic acids is 1. The molecule has 3 amide bonds. The molecule has 41 heavy (non-hydrogen) atoms. The smallest absolute Gasteiger partial charge is 0.339 e. The van der Waals surface area contributed by atoms with Gasteiger partial charge in [0, 0.05) is 37.3 Å². The SMILES string of the molecule is COc1cc(OC)c(C(=O)N[C@H]2CC[C@H](NC(=O)c3cc(C(=O)NCCN)c(OC)cc3OC)CC2)cc1C(=O)O. The number of nitrogens with one attached hydrogen (secondary N) is 3. The maximum Gasteiger partial charge on any atom is 0.339 e. The molecule has 0 atom stereocenters. The first-order valence-corrected chi connectivity index (χ1v) is 13.0. The van der Waals surface area contributed by atoms with Gasteiger partial charge in [-0.25, -0.2) is 4.79 Å². The molecule has 1 fully saturated rings. The van der Waals surface area contributed by atoms with Gasteiger partial charge in [0.2, 0.25) is 0 Å². The van der Waals surface area contributed by atoms with Crippen molar-refractivity contribution >= 4 is 23.7 Å². The Labute approximate surface area is 237 Å². The van der Waals surface area contributed by atoms with Crippen LogP contribution in [0.15, 0.2) is 24.3 Å². The molecule has 13 nitrogen and oxygen atoms in total. The predicted octanol–water partition coefficient (Wildman–Crippen LogP) is 1.58. The van der Waals surface area contributed by atoms with Crippen LogP contribution in [0, 0.1) is 0 Å². The van der Waals surface area contributed by atoms with Crippen LogP contribution in [0.1, 0.15) is 67.1 Å². The Bertz CT molecular complexity index is 1290. The van der Waals surface area contributed by atoms with Crippen molar-refractivity contribution in [2.45, 2.75) is 37.8 Å². The number of aromatic carboxylic acids is 1. The number of ether oxygens (including phenoxy) is 4. The van der Waals surface area contributed by atoms with Crippen LogP contribution in [-0.2, 0) is 0 Å². The van der Waals surface area contributed by atoms with E-state index in [4.69, 9.17) is 24.7 Å². The van der Waals surface area contributed by atoms with E-state index in [1.165, 1.54) is 52.7 Å². The summed E-state index contributed by atoms with van der Waals surface area (Å²) >= 11 is 0. The van der Waals surface area contributed by atoms with Gasteiger partial charge in [-0.3, -0.25) is 14.4 Å².